The largest absolute Gasteiger partial charge is 0.421 e. The zero-order valence-corrected chi connectivity index (χ0v) is 15.4. The quantitative estimate of drug-likeness (QED) is 0.713. The lowest BCUT2D eigenvalue weighted by molar-refractivity contribution is -0.137. The minimum Gasteiger partial charge on any atom is -0.372 e. The molecular weight excluding hydrogens is 377 g/mol. The Labute approximate surface area is 159 Å². The first-order chi connectivity index (χ1) is 13.2. The molecule has 3 heterocycles. The maximum Gasteiger partial charge on any atom is 0.421 e. The number of rotatable bonds is 5. The Kier molecular flexibility index (Phi) is 4.46. The van der Waals surface area contributed by atoms with Crippen LogP contribution < -0.4 is 10.6 Å². The molecule has 2 aliphatic rings. The van der Waals surface area contributed by atoms with E-state index < -0.39 is 23.4 Å². The van der Waals surface area contributed by atoms with Gasteiger partial charge in [0.15, 0.2) is 6.29 Å². The highest BCUT2D eigenvalue weighted by Gasteiger charge is 2.44. The number of aromatic nitrogens is 4. The standard InChI is InChI=1S/C17H21F3N6O2/c1-16(5-6-28-14(16)27)11-7-12(26(25-11)9-3-4-9)23-15-22-8-10(17(18,19)20)13(21-2)24-15/h7-9,14,27H,3-6H2,1-2H3,(H2,21,22,23,24). The molecule has 3 N–H and O–H groups in total. The van der Waals surface area contributed by atoms with Crippen LogP contribution in [-0.2, 0) is 16.3 Å². The highest BCUT2D eigenvalue weighted by molar-refractivity contribution is 5.55. The molecule has 1 saturated heterocycles. The van der Waals surface area contributed by atoms with Gasteiger partial charge in [-0.05, 0) is 26.2 Å². The molecule has 4 rings (SSSR count). The molecule has 0 amide bonds. The van der Waals surface area contributed by atoms with Crippen LogP contribution in [0.4, 0.5) is 30.8 Å². The van der Waals surface area contributed by atoms with Crippen LogP contribution in [0.15, 0.2) is 12.3 Å². The van der Waals surface area contributed by atoms with Gasteiger partial charge in [0.1, 0.15) is 17.2 Å². The Morgan fingerprint density at radius 3 is 2.68 bits per heavy atom. The minimum absolute atomic E-state index is 0.0269. The molecular formula is C17H21F3N6O2. The summed E-state index contributed by atoms with van der Waals surface area (Å²) in [5.41, 5.74) is -0.920. The normalized spacial score (nSPS) is 25.1. The predicted octanol–water partition coefficient (Wildman–Crippen LogP) is 2.81. The molecule has 2 aromatic heterocycles. The van der Waals surface area contributed by atoms with E-state index in [1.807, 2.05) is 6.92 Å². The fourth-order valence-electron chi connectivity index (χ4n) is 3.26. The SMILES string of the molecule is CNc1nc(Nc2cc(C3(C)CCOC3O)nn2C2CC2)ncc1C(F)(F)F. The predicted molar refractivity (Wildman–Crippen MR) is 94.3 cm³/mol. The minimum atomic E-state index is -4.55. The lowest BCUT2D eigenvalue weighted by Gasteiger charge is -2.23. The average molecular weight is 398 g/mol. The van der Waals surface area contributed by atoms with Crippen molar-refractivity contribution in [2.45, 2.75) is 50.1 Å². The number of anilines is 3. The van der Waals surface area contributed by atoms with Crippen molar-refractivity contribution in [3.63, 3.8) is 0 Å². The fraction of sp³-hybridized carbons (Fsp3) is 0.588. The summed E-state index contributed by atoms with van der Waals surface area (Å²) in [6.45, 7) is 2.31. The molecule has 28 heavy (non-hydrogen) atoms. The van der Waals surface area contributed by atoms with Crippen LogP contribution in [0.3, 0.4) is 0 Å². The van der Waals surface area contributed by atoms with E-state index in [4.69, 9.17) is 4.74 Å². The van der Waals surface area contributed by atoms with Crippen LogP contribution in [0.5, 0.6) is 0 Å². The summed E-state index contributed by atoms with van der Waals surface area (Å²) >= 11 is 0. The van der Waals surface area contributed by atoms with Gasteiger partial charge in [0.25, 0.3) is 0 Å². The van der Waals surface area contributed by atoms with Crippen LogP contribution in [0, 0.1) is 0 Å². The summed E-state index contributed by atoms with van der Waals surface area (Å²) in [6.07, 6.45) is -2.22. The summed E-state index contributed by atoms with van der Waals surface area (Å²) in [5.74, 6) is 0.285. The molecule has 11 heteroatoms. The summed E-state index contributed by atoms with van der Waals surface area (Å²) in [4.78, 5) is 7.76. The van der Waals surface area contributed by atoms with Crippen molar-refractivity contribution < 1.29 is 23.0 Å². The first-order valence-electron chi connectivity index (χ1n) is 9.01. The average Bonchev–Trinajstić information content (AvgIpc) is 3.31. The van der Waals surface area contributed by atoms with Crippen molar-refractivity contribution in [1.82, 2.24) is 19.7 Å². The van der Waals surface area contributed by atoms with Crippen LogP contribution in [0.25, 0.3) is 0 Å². The second-order valence-corrected chi connectivity index (χ2v) is 7.31. The summed E-state index contributed by atoms with van der Waals surface area (Å²) in [6, 6.07) is 1.98. The van der Waals surface area contributed by atoms with E-state index in [0.29, 0.717) is 24.5 Å². The fourth-order valence-corrected chi connectivity index (χ4v) is 3.26. The van der Waals surface area contributed by atoms with Crippen LogP contribution in [0.1, 0.15) is 43.5 Å². The van der Waals surface area contributed by atoms with E-state index in [1.54, 1.807) is 10.7 Å². The first-order valence-corrected chi connectivity index (χ1v) is 9.01. The summed E-state index contributed by atoms with van der Waals surface area (Å²) in [5, 5.41) is 20.3. The molecule has 2 unspecified atom stereocenters. The second-order valence-electron chi connectivity index (χ2n) is 7.31. The lowest BCUT2D eigenvalue weighted by Crippen LogP contribution is -2.32. The Balaban J connectivity index is 1.66. The molecule has 2 aromatic rings. The van der Waals surface area contributed by atoms with Gasteiger partial charge in [-0.25, -0.2) is 9.67 Å². The lowest BCUT2D eigenvalue weighted by atomic mass is 9.85. The van der Waals surface area contributed by atoms with Gasteiger partial charge < -0.3 is 20.5 Å². The highest BCUT2D eigenvalue weighted by Crippen LogP contribution is 2.42. The van der Waals surface area contributed by atoms with Gasteiger partial charge in [0, 0.05) is 19.3 Å². The van der Waals surface area contributed by atoms with Gasteiger partial charge in [-0.1, -0.05) is 0 Å². The molecule has 0 bridgehead atoms. The monoisotopic (exact) mass is 398 g/mol. The molecule has 2 atom stereocenters. The van der Waals surface area contributed by atoms with Gasteiger partial charge in [-0.2, -0.15) is 23.3 Å². The number of hydrogen-bond acceptors (Lipinski definition) is 7. The summed E-state index contributed by atoms with van der Waals surface area (Å²) in [7, 11) is 1.37. The van der Waals surface area contributed by atoms with E-state index in [9.17, 15) is 18.3 Å². The van der Waals surface area contributed by atoms with Crippen molar-refractivity contribution in [3.05, 3.63) is 23.5 Å². The van der Waals surface area contributed by atoms with E-state index in [1.165, 1.54) is 7.05 Å². The Hall–Kier alpha value is -2.40. The van der Waals surface area contributed by atoms with Crippen molar-refractivity contribution in [3.8, 4) is 0 Å². The molecule has 0 aromatic carbocycles. The number of alkyl halides is 3. The van der Waals surface area contributed by atoms with Gasteiger partial charge in [-0.15, -0.1) is 0 Å². The Morgan fingerprint density at radius 2 is 2.11 bits per heavy atom. The molecule has 1 aliphatic carbocycles. The molecule has 152 valence electrons. The molecule has 2 fully saturated rings. The van der Waals surface area contributed by atoms with E-state index in [0.717, 1.165) is 19.0 Å². The molecule has 0 spiro atoms. The van der Waals surface area contributed by atoms with E-state index in [2.05, 4.69) is 25.7 Å². The second kappa shape index (κ2) is 6.59. The van der Waals surface area contributed by atoms with Crippen LogP contribution in [0.2, 0.25) is 0 Å². The maximum absolute atomic E-state index is 13.0. The third kappa shape index (κ3) is 3.28. The number of aliphatic hydroxyl groups is 1. The van der Waals surface area contributed by atoms with Gasteiger partial charge >= 0.3 is 6.18 Å². The van der Waals surface area contributed by atoms with Crippen molar-refractivity contribution in [2.75, 3.05) is 24.3 Å². The highest BCUT2D eigenvalue weighted by atomic mass is 19.4. The molecule has 1 saturated carbocycles. The van der Waals surface area contributed by atoms with Crippen LogP contribution >= 0.6 is 0 Å². The zero-order valence-electron chi connectivity index (χ0n) is 15.4. The third-order valence-corrected chi connectivity index (χ3v) is 5.23. The third-order valence-electron chi connectivity index (χ3n) is 5.23. The smallest absolute Gasteiger partial charge is 0.372 e. The van der Waals surface area contributed by atoms with Crippen molar-refractivity contribution >= 4 is 17.6 Å². The number of halogens is 3. The van der Waals surface area contributed by atoms with E-state index >= 15 is 0 Å². The number of aliphatic hydroxyl groups excluding tert-OH is 1. The number of nitrogens with zero attached hydrogens (tertiary/aromatic N) is 4. The number of hydrogen-bond donors (Lipinski definition) is 3. The van der Waals surface area contributed by atoms with Crippen LogP contribution in [-0.4, -0.2) is 44.8 Å². The molecule has 1 aliphatic heterocycles. The molecule has 8 nitrogen and oxygen atoms in total. The number of nitrogens with one attached hydrogen (secondary N) is 2. The molecule has 0 radical (unpaired) electrons. The van der Waals surface area contributed by atoms with Gasteiger partial charge in [0.05, 0.1) is 23.8 Å². The topological polar surface area (TPSA) is 97.1 Å². The Morgan fingerprint density at radius 1 is 1.36 bits per heavy atom. The van der Waals surface area contributed by atoms with Crippen molar-refractivity contribution in [2.24, 2.45) is 0 Å². The summed E-state index contributed by atoms with van der Waals surface area (Å²) < 4.78 is 46.2. The maximum atomic E-state index is 13.0. The van der Waals surface area contributed by atoms with E-state index in [-0.39, 0.29) is 17.8 Å². The Bertz CT molecular complexity index is 882. The number of ether oxygens (including phenoxy) is 1. The van der Waals surface area contributed by atoms with Gasteiger partial charge in [0.2, 0.25) is 5.95 Å². The zero-order chi connectivity index (χ0) is 20.1. The first kappa shape index (κ1) is 18.9. The van der Waals surface area contributed by atoms with Gasteiger partial charge in [-0.3, -0.25) is 0 Å². The van der Waals surface area contributed by atoms with Crippen molar-refractivity contribution in [1.29, 1.82) is 0 Å².